The molecule has 9 nitrogen and oxygen atoms in total. The summed E-state index contributed by atoms with van der Waals surface area (Å²) in [4.78, 5) is 11.0. The molecule has 36 heavy (non-hydrogen) atoms. The van der Waals surface area contributed by atoms with Crippen molar-refractivity contribution in [2.24, 2.45) is 0 Å². The Bertz CT molecular complexity index is 1350. The Morgan fingerprint density at radius 1 is 1.06 bits per heavy atom. The number of ether oxygens (including phenoxy) is 1. The lowest BCUT2D eigenvalue weighted by molar-refractivity contribution is 0.279. The van der Waals surface area contributed by atoms with E-state index in [-0.39, 0.29) is 0 Å². The van der Waals surface area contributed by atoms with Gasteiger partial charge in [0.25, 0.3) is 0 Å². The number of rotatable bonds is 7. The van der Waals surface area contributed by atoms with Gasteiger partial charge in [-0.05, 0) is 67.8 Å². The zero-order valence-electron chi connectivity index (χ0n) is 20.7. The second-order valence-electron chi connectivity index (χ2n) is 8.99. The van der Waals surface area contributed by atoms with E-state index in [9.17, 15) is 8.42 Å². The standard InChI is InChI=1S/C26H30N6O3S/c1-19-15-22(17-27)16-20(2)25(19)35-24-9-10-28-26(30-24)29-23-7-5-21(6-8-23)18-31-11-4-12-32(14-13-31)36(3,33)34/h5-10,15-16H,4,11-14,18H2,1-3H3,(H,28,29,30). The molecule has 188 valence electrons. The van der Waals surface area contributed by atoms with E-state index < -0.39 is 10.0 Å². The maximum atomic E-state index is 11.8. The van der Waals surface area contributed by atoms with Crippen molar-refractivity contribution in [3.63, 3.8) is 0 Å². The third-order valence-electron chi connectivity index (χ3n) is 6.06. The summed E-state index contributed by atoms with van der Waals surface area (Å²) >= 11 is 0. The molecule has 2 heterocycles. The highest BCUT2D eigenvalue weighted by Gasteiger charge is 2.21. The van der Waals surface area contributed by atoms with Crippen LogP contribution >= 0.6 is 0 Å². The molecule has 0 atom stereocenters. The smallest absolute Gasteiger partial charge is 0.230 e. The molecule has 0 spiro atoms. The molecule has 1 aliphatic rings. The van der Waals surface area contributed by atoms with Gasteiger partial charge in [0.1, 0.15) is 5.75 Å². The van der Waals surface area contributed by atoms with Crippen LogP contribution in [0.3, 0.4) is 0 Å². The van der Waals surface area contributed by atoms with Crippen LogP contribution in [0, 0.1) is 25.2 Å². The fraction of sp³-hybridized carbons (Fsp3) is 0.346. The summed E-state index contributed by atoms with van der Waals surface area (Å²) in [5.74, 6) is 1.50. The third-order valence-corrected chi connectivity index (χ3v) is 7.36. The first-order chi connectivity index (χ1) is 17.2. The van der Waals surface area contributed by atoms with E-state index in [1.54, 1.807) is 28.7 Å². The van der Waals surface area contributed by atoms with Crippen LogP contribution in [-0.4, -0.2) is 60.0 Å². The Morgan fingerprint density at radius 2 is 1.78 bits per heavy atom. The minimum Gasteiger partial charge on any atom is -0.438 e. The fourth-order valence-electron chi connectivity index (χ4n) is 4.26. The second-order valence-corrected chi connectivity index (χ2v) is 11.0. The van der Waals surface area contributed by atoms with Crippen LogP contribution in [0.1, 0.15) is 28.7 Å². The maximum Gasteiger partial charge on any atom is 0.230 e. The van der Waals surface area contributed by atoms with Crippen LogP contribution in [-0.2, 0) is 16.6 Å². The molecule has 4 rings (SSSR count). The number of anilines is 2. The van der Waals surface area contributed by atoms with Crippen LogP contribution in [0.25, 0.3) is 0 Å². The lowest BCUT2D eigenvalue weighted by Gasteiger charge is -2.20. The summed E-state index contributed by atoms with van der Waals surface area (Å²) in [6.07, 6.45) is 3.73. The number of hydrogen-bond acceptors (Lipinski definition) is 8. The average molecular weight is 507 g/mol. The molecule has 2 aromatic carbocycles. The van der Waals surface area contributed by atoms with Crippen molar-refractivity contribution in [1.29, 1.82) is 5.26 Å². The van der Waals surface area contributed by atoms with E-state index in [1.165, 1.54) is 6.26 Å². The predicted molar refractivity (Wildman–Crippen MR) is 139 cm³/mol. The van der Waals surface area contributed by atoms with Gasteiger partial charge in [-0.25, -0.2) is 17.7 Å². The van der Waals surface area contributed by atoms with Crippen LogP contribution in [0.2, 0.25) is 0 Å². The van der Waals surface area contributed by atoms with Crippen LogP contribution in [0.15, 0.2) is 48.7 Å². The van der Waals surface area contributed by atoms with Crippen molar-refractivity contribution >= 4 is 21.7 Å². The van der Waals surface area contributed by atoms with E-state index in [0.29, 0.717) is 42.8 Å². The lowest BCUT2D eigenvalue weighted by Crippen LogP contribution is -2.34. The average Bonchev–Trinajstić information content (AvgIpc) is 3.08. The number of nitrogens with one attached hydrogen (secondary N) is 1. The van der Waals surface area contributed by atoms with Gasteiger partial charge in [0.15, 0.2) is 0 Å². The topological polar surface area (TPSA) is 111 Å². The number of hydrogen-bond donors (Lipinski definition) is 1. The first-order valence-corrected chi connectivity index (χ1v) is 13.6. The summed E-state index contributed by atoms with van der Waals surface area (Å²) in [5, 5.41) is 12.4. The molecule has 0 aliphatic carbocycles. The number of nitriles is 1. The second kappa shape index (κ2) is 11.0. The van der Waals surface area contributed by atoms with Gasteiger partial charge in [-0.3, -0.25) is 4.90 Å². The number of nitrogens with zero attached hydrogens (tertiary/aromatic N) is 5. The summed E-state index contributed by atoms with van der Waals surface area (Å²) in [6.45, 7) is 7.25. The van der Waals surface area contributed by atoms with Crippen molar-refractivity contribution < 1.29 is 13.2 Å². The van der Waals surface area contributed by atoms with Crippen molar-refractivity contribution in [1.82, 2.24) is 19.2 Å². The van der Waals surface area contributed by atoms with E-state index >= 15 is 0 Å². The number of aromatic nitrogens is 2. The number of sulfonamides is 1. The molecule has 0 bridgehead atoms. The molecule has 10 heteroatoms. The highest BCUT2D eigenvalue weighted by Crippen LogP contribution is 2.29. The molecule has 0 amide bonds. The van der Waals surface area contributed by atoms with Gasteiger partial charge in [-0.2, -0.15) is 10.2 Å². The predicted octanol–water partition coefficient (Wildman–Crippen LogP) is 3.97. The monoisotopic (exact) mass is 506 g/mol. The van der Waals surface area contributed by atoms with Gasteiger partial charge in [-0.15, -0.1) is 0 Å². The normalized spacial score (nSPS) is 15.2. The van der Waals surface area contributed by atoms with Crippen LogP contribution in [0.5, 0.6) is 11.6 Å². The van der Waals surface area contributed by atoms with Crippen LogP contribution in [0.4, 0.5) is 11.6 Å². The molecule has 1 fully saturated rings. The minimum atomic E-state index is -3.14. The Labute approximate surface area is 212 Å². The molecular weight excluding hydrogens is 476 g/mol. The molecule has 1 saturated heterocycles. The van der Waals surface area contributed by atoms with E-state index in [0.717, 1.165) is 41.9 Å². The third kappa shape index (κ3) is 6.57. The molecule has 0 saturated carbocycles. The van der Waals surface area contributed by atoms with Gasteiger partial charge in [0, 0.05) is 44.1 Å². The summed E-state index contributed by atoms with van der Waals surface area (Å²) in [5.41, 5.74) is 4.32. The molecular formula is C26H30N6O3S. The van der Waals surface area contributed by atoms with Gasteiger partial charge in [-0.1, -0.05) is 12.1 Å². The van der Waals surface area contributed by atoms with Crippen molar-refractivity contribution in [3.8, 4) is 17.7 Å². The van der Waals surface area contributed by atoms with E-state index in [1.807, 2.05) is 38.1 Å². The summed E-state index contributed by atoms with van der Waals surface area (Å²) < 4.78 is 31.2. The van der Waals surface area contributed by atoms with Crippen LogP contribution < -0.4 is 10.1 Å². The highest BCUT2D eigenvalue weighted by molar-refractivity contribution is 7.88. The number of benzene rings is 2. The zero-order valence-corrected chi connectivity index (χ0v) is 21.5. The van der Waals surface area contributed by atoms with E-state index in [2.05, 4.69) is 26.3 Å². The first-order valence-electron chi connectivity index (χ1n) is 11.8. The Hall–Kier alpha value is -3.52. The first kappa shape index (κ1) is 25.6. The largest absolute Gasteiger partial charge is 0.438 e. The summed E-state index contributed by atoms with van der Waals surface area (Å²) in [7, 11) is -3.14. The zero-order chi connectivity index (χ0) is 25.7. The van der Waals surface area contributed by atoms with Gasteiger partial charge in [0.05, 0.1) is 17.9 Å². The quantitative estimate of drug-likeness (QED) is 0.512. The molecule has 1 N–H and O–H groups in total. The molecule has 3 aromatic rings. The van der Waals surface area contributed by atoms with Crippen molar-refractivity contribution in [3.05, 3.63) is 70.9 Å². The fourth-order valence-corrected chi connectivity index (χ4v) is 5.13. The SMILES string of the molecule is Cc1cc(C#N)cc(C)c1Oc1ccnc(Nc2ccc(CN3CCCN(S(C)(=O)=O)CC3)cc2)n1. The Balaban J connectivity index is 1.38. The summed E-state index contributed by atoms with van der Waals surface area (Å²) in [6, 6.07) is 15.5. The van der Waals surface area contributed by atoms with E-state index in [4.69, 9.17) is 10.00 Å². The van der Waals surface area contributed by atoms with Crippen molar-refractivity contribution in [2.45, 2.75) is 26.8 Å². The minimum absolute atomic E-state index is 0.407. The maximum absolute atomic E-state index is 11.8. The number of aryl methyl sites for hydroxylation is 2. The Morgan fingerprint density at radius 3 is 2.44 bits per heavy atom. The van der Waals surface area contributed by atoms with Gasteiger partial charge in [0.2, 0.25) is 21.9 Å². The molecule has 1 aromatic heterocycles. The molecule has 0 radical (unpaired) electrons. The van der Waals surface area contributed by atoms with Crippen molar-refractivity contribution in [2.75, 3.05) is 37.8 Å². The lowest BCUT2D eigenvalue weighted by atomic mass is 10.1. The molecule has 0 unspecified atom stereocenters. The van der Waals surface area contributed by atoms with Gasteiger partial charge >= 0.3 is 0 Å². The highest BCUT2D eigenvalue weighted by atomic mass is 32.2. The van der Waals surface area contributed by atoms with Gasteiger partial charge < -0.3 is 10.1 Å². The molecule has 1 aliphatic heterocycles. The Kier molecular flexibility index (Phi) is 7.84.